The summed E-state index contributed by atoms with van der Waals surface area (Å²) in [5.74, 6) is 0.465. The van der Waals surface area contributed by atoms with Crippen molar-refractivity contribution >= 4 is 27.5 Å². The van der Waals surface area contributed by atoms with Crippen LogP contribution in [0.15, 0.2) is 65.6 Å². The van der Waals surface area contributed by atoms with Gasteiger partial charge in [-0.1, -0.05) is 36.4 Å². The fourth-order valence-electron chi connectivity index (χ4n) is 4.40. The zero-order valence-corrected chi connectivity index (χ0v) is 17.8. The molecule has 3 aromatic heterocycles. The van der Waals surface area contributed by atoms with Gasteiger partial charge >= 0.3 is 0 Å². The summed E-state index contributed by atoms with van der Waals surface area (Å²) in [5, 5.41) is 7.23. The molecule has 6 nitrogen and oxygen atoms in total. The zero-order chi connectivity index (χ0) is 21.7. The van der Waals surface area contributed by atoms with Crippen LogP contribution in [0.5, 0.6) is 0 Å². The fourth-order valence-corrected chi connectivity index (χ4v) is 4.40. The number of benzene rings is 2. The van der Waals surface area contributed by atoms with Crippen LogP contribution in [0.4, 0.5) is 5.82 Å². The number of hydrogen-bond acceptors (Lipinski definition) is 4. The minimum atomic E-state index is -0.0192. The van der Waals surface area contributed by atoms with Gasteiger partial charge in [-0.3, -0.25) is 14.0 Å². The summed E-state index contributed by atoms with van der Waals surface area (Å²) in [6.07, 6.45) is 1.69. The maximum Gasteiger partial charge on any atom is 0.263 e. The van der Waals surface area contributed by atoms with Gasteiger partial charge in [0.05, 0.1) is 34.2 Å². The van der Waals surface area contributed by atoms with Gasteiger partial charge in [-0.05, 0) is 55.5 Å². The fraction of sp³-hybridized carbons (Fsp3) is 0.160. The van der Waals surface area contributed by atoms with Gasteiger partial charge in [0.15, 0.2) is 0 Å². The predicted octanol–water partition coefficient (Wildman–Crippen LogP) is 4.29. The Labute approximate surface area is 179 Å². The van der Waals surface area contributed by atoms with Crippen LogP contribution < -0.4 is 11.3 Å². The maximum absolute atomic E-state index is 13.7. The van der Waals surface area contributed by atoms with Crippen molar-refractivity contribution in [2.75, 3.05) is 5.73 Å². The number of hydrogen-bond donors (Lipinski definition) is 1. The van der Waals surface area contributed by atoms with E-state index in [-0.39, 0.29) is 5.56 Å². The van der Waals surface area contributed by atoms with E-state index >= 15 is 0 Å². The standard InChI is InChI=1S/C25H23N5O/c1-15-7-4-5-10-20(15)30-19(13-18-9-6-8-16(2)22(18)25(30)31)14-29-21-11-12-27-24(26)23(21)17(3)28-29/h4-13H,14H2,1-3H3,(H2,26,27). The number of anilines is 1. The lowest BCUT2D eigenvalue weighted by Gasteiger charge is -2.17. The monoisotopic (exact) mass is 409 g/mol. The summed E-state index contributed by atoms with van der Waals surface area (Å²) in [6, 6.07) is 17.9. The second-order valence-electron chi connectivity index (χ2n) is 7.94. The molecule has 3 heterocycles. The minimum absolute atomic E-state index is 0.0192. The molecule has 0 atom stereocenters. The van der Waals surface area contributed by atoms with Crippen LogP contribution in [0.3, 0.4) is 0 Å². The van der Waals surface area contributed by atoms with Gasteiger partial charge in [0.1, 0.15) is 5.82 Å². The van der Waals surface area contributed by atoms with Crippen molar-refractivity contribution in [1.29, 1.82) is 0 Å². The Kier molecular flexibility index (Phi) is 4.36. The normalized spacial score (nSPS) is 11.5. The third kappa shape index (κ3) is 2.99. The van der Waals surface area contributed by atoms with Crippen LogP contribution in [0, 0.1) is 20.8 Å². The number of nitrogens with zero attached hydrogens (tertiary/aromatic N) is 4. The summed E-state index contributed by atoms with van der Waals surface area (Å²) >= 11 is 0. The lowest BCUT2D eigenvalue weighted by atomic mass is 10.1. The van der Waals surface area contributed by atoms with Crippen LogP contribution >= 0.6 is 0 Å². The Morgan fingerprint density at radius 3 is 2.52 bits per heavy atom. The van der Waals surface area contributed by atoms with Crippen LogP contribution in [0.25, 0.3) is 27.4 Å². The van der Waals surface area contributed by atoms with Gasteiger partial charge in [-0.25, -0.2) is 4.98 Å². The number of nitrogen functional groups attached to an aromatic ring is 1. The van der Waals surface area contributed by atoms with Crippen LogP contribution in [-0.4, -0.2) is 19.3 Å². The van der Waals surface area contributed by atoms with E-state index in [2.05, 4.69) is 11.1 Å². The second kappa shape index (κ2) is 7.09. The van der Waals surface area contributed by atoms with Gasteiger partial charge in [-0.2, -0.15) is 5.10 Å². The summed E-state index contributed by atoms with van der Waals surface area (Å²) in [4.78, 5) is 17.9. The third-order valence-electron chi connectivity index (χ3n) is 5.87. The van der Waals surface area contributed by atoms with Crippen molar-refractivity contribution < 1.29 is 0 Å². The first-order valence-electron chi connectivity index (χ1n) is 10.2. The molecule has 0 unspecified atom stereocenters. The molecule has 31 heavy (non-hydrogen) atoms. The molecule has 0 saturated heterocycles. The Morgan fingerprint density at radius 1 is 0.935 bits per heavy atom. The van der Waals surface area contributed by atoms with Gasteiger partial charge in [0.2, 0.25) is 0 Å². The van der Waals surface area contributed by atoms with E-state index < -0.39 is 0 Å². The average molecular weight is 409 g/mol. The molecular weight excluding hydrogens is 386 g/mol. The molecule has 0 fully saturated rings. The molecule has 5 rings (SSSR count). The molecule has 0 aliphatic carbocycles. The van der Waals surface area contributed by atoms with E-state index in [0.29, 0.717) is 12.4 Å². The van der Waals surface area contributed by atoms with Crippen molar-refractivity contribution in [3.05, 3.63) is 93.7 Å². The van der Waals surface area contributed by atoms with Crippen molar-refractivity contribution in [3.63, 3.8) is 0 Å². The average Bonchev–Trinajstić information content (AvgIpc) is 3.05. The summed E-state index contributed by atoms with van der Waals surface area (Å²) in [6.45, 7) is 6.36. The largest absolute Gasteiger partial charge is 0.383 e. The number of aromatic nitrogens is 4. The van der Waals surface area contributed by atoms with Gasteiger partial charge < -0.3 is 5.73 Å². The van der Waals surface area contributed by atoms with E-state index in [9.17, 15) is 4.79 Å². The number of rotatable bonds is 3. The molecule has 0 aliphatic rings. The van der Waals surface area contributed by atoms with Crippen LogP contribution in [0.2, 0.25) is 0 Å². The summed E-state index contributed by atoms with van der Waals surface area (Å²) in [5.41, 5.74) is 11.5. The molecule has 0 saturated carbocycles. The number of nitrogens with two attached hydrogens (primary N) is 1. The summed E-state index contributed by atoms with van der Waals surface area (Å²) in [7, 11) is 0. The van der Waals surface area contributed by atoms with Crippen LogP contribution in [-0.2, 0) is 6.54 Å². The SMILES string of the molecule is Cc1ccccc1-n1c(Cn2nc(C)c3c(N)nccc32)cc2cccc(C)c2c1=O. The minimum Gasteiger partial charge on any atom is -0.383 e. The Hall–Kier alpha value is -3.93. The molecule has 0 spiro atoms. The molecule has 0 amide bonds. The number of para-hydroxylation sites is 1. The maximum atomic E-state index is 13.7. The van der Waals surface area contributed by atoms with Gasteiger partial charge in [-0.15, -0.1) is 0 Å². The van der Waals surface area contributed by atoms with E-state index in [1.54, 1.807) is 6.20 Å². The van der Waals surface area contributed by atoms with E-state index in [1.807, 2.05) is 78.6 Å². The summed E-state index contributed by atoms with van der Waals surface area (Å²) < 4.78 is 3.71. The molecule has 0 radical (unpaired) electrons. The van der Waals surface area contributed by atoms with Crippen molar-refractivity contribution in [2.45, 2.75) is 27.3 Å². The van der Waals surface area contributed by atoms with Crippen molar-refractivity contribution in [3.8, 4) is 5.69 Å². The first-order valence-corrected chi connectivity index (χ1v) is 10.2. The number of aryl methyl sites for hydroxylation is 3. The molecule has 5 aromatic rings. The van der Waals surface area contributed by atoms with E-state index in [4.69, 9.17) is 10.8 Å². The lowest BCUT2D eigenvalue weighted by Crippen LogP contribution is -2.25. The van der Waals surface area contributed by atoms with E-state index in [1.165, 1.54) is 0 Å². The topological polar surface area (TPSA) is 78.7 Å². The Balaban J connectivity index is 1.82. The van der Waals surface area contributed by atoms with Crippen LogP contribution in [0.1, 0.15) is 22.5 Å². The first-order chi connectivity index (χ1) is 15.0. The molecule has 6 heteroatoms. The number of fused-ring (bicyclic) bond motifs is 2. The molecule has 154 valence electrons. The van der Waals surface area contributed by atoms with Crippen molar-refractivity contribution in [2.24, 2.45) is 0 Å². The Morgan fingerprint density at radius 2 is 1.71 bits per heavy atom. The smallest absolute Gasteiger partial charge is 0.263 e. The second-order valence-corrected chi connectivity index (χ2v) is 7.94. The lowest BCUT2D eigenvalue weighted by molar-refractivity contribution is 0.669. The Bertz CT molecular complexity index is 1530. The molecule has 2 aromatic carbocycles. The molecule has 0 bridgehead atoms. The van der Waals surface area contributed by atoms with Crippen molar-refractivity contribution in [1.82, 2.24) is 19.3 Å². The quantitative estimate of drug-likeness (QED) is 0.482. The molecule has 0 aliphatic heterocycles. The molecule has 2 N–H and O–H groups in total. The number of pyridine rings is 2. The van der Waals surface area contributed by atoms with E-state index in [0.717, 1.165) is 49.9 Å². The highest BCUT2D eigenvalue weighted by molar-refractivity contribution is 5.91. The first kappa shape index (κ1) is 19.1. The zero-order valence-electron chi connectivity index (χ0n) is 17.8. The highest BCUT2D eigenvalue weighted by atomic mass is 16.1. The van der Waals surface area contributed by atoms with Gasteiger partial charge in [0.25, 0.3) is 5.56 Å². The highest BCUT2D eigenvalue weighted by Gasteiger charge is 2.17. The predicted molar refractivity (Wildman–Crippen MR) is 125 cm³/mol. The van der Waals surface area contributed by atoms with Gasteiger partial charge in [0, 0.05) is 11.9 Å². The third-order valence-corrected chi connectivity index (χ3v) is 5.87. The molecular formula is C25H23N5O. The highest BCUT2D eigenvalue weighted by Crippen LogP contribution is 2.25.